The van der Waals surface area contributed by atoms with Crippen molar-refractivity contribution in [2.75, 3.05) is 13.6 Å². The Balaban J connectivity index is 0.000000366. The first-order chi connectivity index (χ1) is 15.0. The van der Waals surface area contributed by atoms with Gasteiger partial charge in [-0.15, -0.1) is 0 Å². The van der Waals surface area contributed by atoms with Crippen LogP contribution in [0, 0.1) is 0 Å². The highest BCUT2D eigenvalue weighted by Crippen LogP contribution is 2.28. The number of rotatable bonds is 7. The van der Waals surface area contributed by atoms with Gasteiger partial charge in [-0.3, -0.25) is 0 Å². The summed E-state index contributed by atoms with van der Waals surface area (Å²) >= 11 is 0. The van der Waals surface area contributed by atoms with E-state index < -0.39 is 11.9 Å². The summed E-state index contributed by atoms with van der Waals surface area (Å²) < 4.78 is 0. The predicted molar refractivity (Wildman–Crippen MR) is 120 cm³/mol. The van der Waals surface area contributed by atoms with Crippen LogP contribution in [0.5, 0.6) is 0 Å². The molecule has 0 amide bonds. The molecule has 1 aliphatic carbocycles. The van der Waals surface area contributed by atoms with E-state index in [-0.39, 0.29) is 0 Å². The van der Waals surface area contributed by atoms with Crippen molar-refractivity contribution in [2.45, 2.75) is 38.5 Å². The van der Waals surface area contributed by atoms with Crippen molar-refractivity contribution in [2.24, 2.45) is 0 Å². The molecule has 0 radical (unpaired) electrons. The molecule has 3 rings (SSSR count). The maximum Gasteiger partial charge on any atom is 0.328 e. The number of nitrogens with two attached hydrogens (primary N) is 1. The number of quaternary nitrogens is 1. The molecule has 0 bridgehead atoms. The van der Waals surface area contributed by atoms with Crippen LogP contribution < -0.4 is 10.4 Å². The molecule has 0 atom stereocenters. The summed E-state index contributed by atoms with van der Waals surface area (Å²) in [6.45, 7) is 1.14. The summed E-state index contributed by atoms with van der Waals surface area (Å²) in [5.74, 6) is -2.80. The molecule has 2 aromatic carbocycles. The van der Waals surface area contributed by atoms with Gasteiger partial charge in [0, 0.05) is 12.5 Å². The maximum atomic E-state index is 9.53. The summed E-state index contributed by atoms with van der Waals surface area (Å²) in [6.07, 6.45) is 11.0. The van der Waals surface area contributed by atoms with Crippen molar-refractivity contribution in [3.05, 3.63) is 89.0 Å². The summed E-state index contributed by atoms with van der Waals surface area (Å²) in [4.78, 5) is 19.0. The van der Waals surface area contributed by atoms with Crippen LogP contribution in [0.25, 0.3) is 5.57 Å². The highest BCUT2D eigenvalue weighted by Gasteiger charge is 2.11. The molecule has 31 heavy (non-hydrogen) atoms. The van der Waals surface area contributed by atoms with Crippen molar-refractivity contribution in [1.29, 1.82) is 0 Å². The summed E-state index contributed by atoms with van der Waals surface area (Å²) in [5, 5.41) is 19.5. The predicted octanol–water partition coefficient (Wildman–Crippen LogP) is 2.35. The van der Waals surface area contributed by atoms with Gasteiger partial charge < -0.3 is 20.3 Å². The molecule has 0 unspecified atom stereocenters. The topological polar surface area (TPSA) is 94.0 Å². The van der Waals surface area contributed by atoms with Crippen molar-refractivity contribution >= 4 is 17.5 Å². The Kier molecular flexibility index (Phi) is 10.3. The van der Waals surface area contributed by atoms with Crippen LogP contribution in [0.15, 0.2) is 66.8 Å². The third-order valence-corrected chi connectivity index (χ3v) is 5.16. The normalized spacial score (nSPS) is 13.6. The van der Waals surface area contributed by atoms with Gasteiger partial charge in [0.25, 0.3) is 0 Å². The van der Waals surface area contributed by atoms with Crippen molar-refractivity contribution in [3.8, 4) is 0 Å². The van der Waals surface area contributed by atoms with Crippen LogP contribution in [-0.2, 0) is 22.4 Å². The third-order valence-electron chi connectivity index (χ3n) is 5.16. The van der Waals surface area contributed by atoms with E-state index in [2.05, 4.69) is 67.0 Å². The van der Waals surface area contributed by atoms with Crippen molar-refractivity contribution in [1.82, 2.24) is 0 Å². The molecule has 0 saturated carbocycles. The van der Waals surface area contributed by atoms with Gasteiger partial charge in [0.05, 0.1) is 19.6 Å². The van der Waals surface area contributed by atoms with E-state index in [0.717, 1.165) is 13.0 Å². The van der Waals surface area contributed by atoms with Crippen molar-refractivity contribution in [3.63, 3.8) is 0 Å². The van der Waals surface area contributed by atoms with Crippen LogP contribution in [0.3, 0.4) is 0 Å². The molecular weight excluding hydrogens is 390 g/mol. The first-order valence-corrected chi connectivity index (χ1v) is 10.8. The summed E-state index contributed by atoms with van der Waals surface area (Å²) in [6, 6.07) is 18.0. The first kappa shape index (κ1) is 24.1. The average molecular weight is 422 g/mol. The van der Waals surface area contributed by atoms with E-state index in [9.17, 15) is 14.7 Å². The molecule has 0 aliphatic heterocycles. The lowest BCUT2D eigenvalue weighted by Crippen LogP contribution is -2.79. The fourth-order valence-corrected chi connectivity index (χ4v) is 3.63. The minimum atomic E-state index is -1.51. The highest BCUT2D eigenvalue weighted by atomic mass is 16.4. The highest BCUT2D eigenvalue weighted by molar-refractivity contribution is 5.88. The molecule has 0 aromatic heterocycles. The molecule has 5 heteroatoms. The lowest BCUT2D eigenvalue weighted by atomic mass is 9.92. The SMILES string of the molecule is C[NH2+]CC/C=C(\c1ccccc1)c1ccc2c(c1)CCCCC2.O=C([O-])/C=C\C(=O)O. The van der Waals surface area contributed by atoms with Gasteiger partial charge in [0.15, 0.2) is 0 Å². The molecule has 2 aromatic rings. The Morgan fingerprint density at radius 1 is 0.968 bits per heavy atom. The molecule has 3 N–H and O–H groups in total. The zero-order chi connectivity index (χ0) is 22.5. The second-order valence-corrected chi connectivity index (χ2v) is 7.50. The van der Waals surface area contributed by atoms with Gasteiger partial charge in [-0.1, -0.05) is 61.0 Å². The zero-order valence-electron chi connectivity index (χ0n) is 18.0. The molecule has 0 fully saturated rings. The minimum absolute atomic E-state index is 0.447. The smallest absolute Gasteiger partial charge is 0.328 e. The number of aryl methyl sites for hydroxylation is 2. The number of carbonyl (C=O) groups is 2. The summed E-state index contributed by atoms with van der Waals surface area (Å²) in [7, 11) is 2.14. The Bertz CT molecular complexity index is 900. The van der Waals surface area contributed by atoms with E-state index in [1.54, 1.807) is 11.1 Å². The first-order valence-electron chi connectivity index (χ1n) is 10.8. The monoisotopic (exact) mass is 421 g/mol. The Morgan fingerprint density at radius 3 is 2.29 bits per heavy atom. The zero-order valence-corrected chi connectivity index (χ0v) is 18.0. The molecule has 0 spiro atoms. The number of carboxylic acid groups (broad SMARTS) is 2. The molecule has 1 aliphatic rings. The number of carboxylic acids is 2. The second kappa shape index (κ2) is 13.2. The van der Waals surface area contributed by atoms with Gasteiger partial charge in [-0.05, 0) is 59.6 Å². The number of fused-ring (bicyclic) bond motifs is 1. The number of aliphatic carboxylic acids is 2. The van der Waals surface area contributed by atoms with Crippen LogP contribution in [0.4, 0.5) is 0 Å². The Labute approximate surface area is 184 Å². The fraction of sp³-hybridized carbons (Fsp3) is 0.308. The largest absolute Gasteiger partial charge is 0.545 e. The molecule has 0 heterocycles. The second-order valence-electron chi connectivity index (χ2n) is 7.50. The molecule has 164 valence electrons. The molecular formula is C26H31NO4. The van der Waals surface area contributed by atoms with Gasteiger partial charge in [0.1, 0.15) is 0 Å². The van der Waals surface area contributed by atoms with Crippen LogP contribution in [0.1, 0.15) is 47.9 Å². The molecule has 5 nitrogen and oxygen atoms in total. The van der Waals surface area contributed by atoms with Crippen molar-refractivity contribution < 1.29 is 25.1 Å². The quantitative estimate of drug-likeness (QED) is 0.408. The number of hydrogen-bond acceptors (Lipinski definition) is 3. The van der Waals surface area contributed by atoms with Crippen LogP contribution in [0.2, 0.25) is 0 Å². The Morgan fingerprint density at radius 2 is 1.68 bits per heavy atom. The van der Waals surface area contributed by atoms with Crippen LogP contribution in [-0.4, -0.2) is 30.6 Å². The van der Waals surface area contributed by atoms with Crippen LogP contribution >= 0.6 is 0 Å². The number of benzene rings is 2. The van der Waals surface area contributed by atoms with E-state index in [4.69, 9.17) is 5.11 Å². The number of hydrogen-bond donors (Lipinski definition) is 2. The average Bonchev–Trinajstić information content (AvgIpc) is 3.01. The maximum absolute atomic E-state index is 9.53. The van der Waals surface area contributed by atoms with E-state index >= 15 is 0 Å². The lowest BCUT2D eigenvalue weighted by Gasteiger charge is -2.13. The minimum Gasteiger partial charge on any atom is -0.545 e. The van der Waals surface area contributed by atoms with E-state index in [1.807, 2.05) is 0 Å². The lowest BCUT2D eigenvalue weighted by molar-refractivity contribution is -0.626. The standard InChI is InChI=1S/C22H27N.C4H4O4/c1-23-16-8-13-22(19-10-5-3-6-11-19)21-15-14-18-9-4-2-7-12-20(18)17-21;5-3(6)1-2-4(7)8/h3,5-6,10-11,13-15,17,23H,2,4,7-9,12,16H2,1H3;1-2H,(H,5,6)(H,7,8)/b22-13+;2-1-. The van der Waals surface area contributed by atoms with Gasteiger partial charge >= 0.3 is 5.97 Å². The molecule has 0 saturated heterocycles. The van der Waals surface area contributed by atoms with E-state index in [0.29, 0.717) is 12.2 Å². The van der Waals surface area contributed by atoms with Gasteiger partial charge in [0.2, 0.25) is 0 Å². The fourth-order valence-electron chi connectivity index (χ4n) is 3.63. The van der Waals surface area contributed by atoms with Gasteiger partial charge in [-0.2, -0.15) is 0 Å². The third kappa shape index (κ3) is 8.60. The van der Waals surface area contributed by atoms with Gasteiger partial charge in [-0.25, -0.2) is 4.79 Å². The number of carbonyl (C=O) groups excluding carboxylic acids is 1. The summed E-state index contributed by atoms with van der Waals surface area (Å²) in [5.41, 5.74) is 7.24. The van der Waals surface area contributed by atoms with E-state index in [1.165, 1.54) is 48.8 Å². The Hall–Kier alpha value is -3.18.